The zero-order chi connectivity index (χ0) is 24.3. The van der Waals surface area contributed by atoms with E-state index in [2.05, 4.69) is 23.8 Å². The van der Waals surface area contributed by atoms with E-state index in [1.165, 1.54) is 12.1 Å². The molecule has 1 aromatic carbocycles. The number of hydrogen-bond donors (Lipinski definition) is 1. The van der Waals surface area contributed by atoms with Gasteiger partial charge in [0.2, 0.25) is 0 Å². The standard InChI is InChI=1S/C20H17FN2O.C9H13F/c1-14(10-15-4-3-9-22-12-15)20(24)17-7-8-19(23-13-17)16-5-2-6-18(21)11-16;1-2-4-8-5-3-6-9(10)7-8/h2-9,11-13,19,23H,1,10H2;3,6-8H,2,4-5H2,1H3. The quantitative estimate of drug-likeness (QED) is 0.458. The lowest BCUT2D eigenvalue weighted by Gasteiger charge is -2.19. The number of nitrogens with one attached hydrogen (secondary N) is 1. The molecule has 1 aromatic heterocycles. The molecule has 0 amide bonds. The van der Waals surface area contributed by atoms with E-state index in [0.717, 1.165) is 30.4 Å². The second-order valence-electron chi connectivity index (χ2n) is 8.37. The average Bonchev–Trinajstić information content (AvgIpc) is 2.85. The molecule has 176 valence electrons. The van der Waals surface area contributed by atoms with Crippen LogP contribution in [-0.2, 0) is 11.2 Å². The van der Waals surface area contributed by atoms with E-state index >= 15 is 0 Å². The van der Waals surface area contributed by atoms with Crippen molar-refractivity contribution < 1.29 is 13.6 Å². The molecular weight excluding hydrogens is 430 g/mol. The van der Waals surface area contributed by atoms with Gasteiger partial charge in [-0.1, -0.05) is 56.4 Å². The SMILES string of the molecule is C=C(Cc1cccnc1)C(=O)C1=CNC(c2cccc(F)c2)C=C1.CCCC1C=C(F)C=CC1. The first-order valence-electron chi connectivity index (χ1n) is 11.5. The zero-order valence-electron chi connectivity index (χ0n) is 19.4. The van der Waals surface area contributed by atoms with Crippen molar-refractivity contribution in [1.29, 1.82) is 0 Å². The van der Waals surface area contributed by atoms with Crippen molar-refractivity contribution in [3.05, 3.63) is 126 Å². The Kier molecular flexibility index (Phi) is 9.27. The molecule has 34 heavy (non-hydrogen) atoms. The second kappa shape index (κ2) is 12.6. The first-order valence-corrected chi connectivity index (χ1v) is 11.5. The molecule has 0 fully saturated rings. The third kappa shape index (κ3) is 7.48. The number of ketones is 1. The summed E-state index contributed by atoms with van der Waals surface area (Å²) in [7, 11) is 0. The van der Waals surface area contributed by atoms with Crippen molar-refractivity contribution in [3.63, 3.8) is 0 Å². The normalized spacial score (nSPS) is 18.7. The van der Waals surface area contributed by atoms with E-state index in [9.17, 15) is 13.6 Å². The smallest absolute Gasteiger partial charge is 0.190 e. The Morgan fingerprint density at radius 3 is 2.71 bits per heavy atom. The van der Waals surface area contributed by atoms with Gasteiger partial charge in [-0.05, 0) is 65.8 Å². The highest BCUT2D eigenvalue weighted by Gasteiger charge is 2.17. The molecule has 5 heteroatoms. The van der Waals surface area contributed by atoms with Gasteiger partial charge in [-0.25, -0.2) is 8.78 Å². The second-order valence-corrected chi connectivity index (χ2v) is 8.37. The van der Waals surface area contributed by atoms with Crippen molar-refractivity contribution in [1.82, 2.24) is 10.3 Å². The molecule has 0 bridgehead atoms. The molecule has 2 atom stereocenters. The van der Waals surface area contributed by atoms with E-state index in [-0.39, 0.29) is 23.5 Å². The number of carbonyl (C=O) groups is 1. The van der Waals surface area contributed by atoms with Crippen LogP contribution in [0.2, 0.25) is 0 Å². The van der Waals surface area contributed by atoms with Crippen molar-refractivity contribution in [2.45, 2.75) is 38.6 Å². The van der Waals surface area contributed by atoms with Crippen LogP contribution in [0, 0.1) is 11.7 Å². The Labute approximate surface area is 200 Å². The lowest BCUT2D eigenvalue weighted by atomic mass is 9.96. The minimum Gasteiger partial charge on any atom is -0.380 e. The summed E-state index contributed by atoms with van der Waals surface area (Å²) in [6.45, 7) is 6.01. The Morgan fingerprint density at radius 2 is 2.06 bits per heavy atom. The predicted molar refractivity (Wildman–Crippen MR) is 133 cm³/mol. The van der Waals surface area contributed by atoms with Gasteiger partial charge in [0.1, 0.15) is 11.6 Å². The highest BCUT2D eigenvalue weighted by molar-refractivity contribution is 6.10. The average molecular weight is 461 g/mol. The summed E-state index contributed by atoms with van der Waals surface area (Å²) in [5, 5.41) is 3.12. The molecule has 2 heterocycles. The van der Waals surface area contributed by atoms with Crippen LogP contribution in [0.15, 0.2) is 109 Å². The van der Waals surface area contributed by atoms with Gasteiger partial charge >= 0.3 is 0 Å². The number of aromatic nitrogens is 1. The van der Waals surface area contributed by atoms with Gasteiger partial charge in [-0.15, -0.1) is 0 Å². The molecule has 0 saturated heterocycles. The van der Waals surface area contributed by atoms with Gasteiger partial charge in [0, 0.05) is 30.6 Å². The highest BCUT2D eigenvalue weighted by atomic mass is 19.1. The molecule has 3 nitrogen and oxygen atoms in total. The van der Waals surface area contributed by atoms with Crippen LogP contribution >= 0.6 is 0 Å². The molecule has 1 aliphatic heterocycles. The first kappa shape index (κ1) is 25.0. The molecule has 2 aliphatic rings. The van der Waals surface area contributed by atoms with E-state index in [0.29, 0.717) is 23.5 Å². The van der Waals surface area contributed by atoms with Gasteiger partial charge in [0.25, 0.3) is 0 Å². The minimum absolute atomic E-state index is 0.0651. The van der Waals surface area contributed by atoms with E-state index in [4.69, 9.17) is 0 Å². The number of nitrogens with zero attached hydrogens (tertiary/aromatic N) is 1. The van der Waals surface area contributed by atoms with Crippen LogP contribution in [0.1, 0.15) is 43.4 Å². The molecule has 0 radical (unpaired) electrons. The molecule has 1 aliphatic carbocycles. The van der Waals surface area contributed by atoms with Crippen LogP contribution in [-0.4, -0.2) is 10.8 Å². The van der Waals surface area contributed by atoms with Crippen molar-refractivity contribution in [3.8, 4) is 0 Å². The maximum absolute atomic E-state index is 13.3. The summed E-state index contributed by atoms with van der Waals surface area (Å²) in [5.74, 6) is -0.00148. The first-order chi connectivity index (χ1) is 16.5. The fourth-order valence-electron chi connectivity index (χ4n) is 3.84. The Bertz CT molecular complexity index is 1120. The van der Waals surface area contributed by atoms with Crippen LogP contribution in [0.5, 0.6) is 0 Å². The van der Waals surface area contributed by atoms with Gasteiger partial charge in [0.05, 0.1) is 6.04 Å². The zero-order valence-corrected chi connectivity index (χ0v) is 19.4. The summed E-state index contributed by atoms with van der Waals surface area (Å²) in [5.41, 5.74) is 2.80. The summed E-state index contributed by atoms with van der Waals surface area (Å²) in [6.07, 6.45) is 17.6. The maximum atomic E-state index is 13.3. The van der Waals surface area contributed by atoms with Crippen LogP contribution < -0.4 is 5.32 Å². The summed E-state index contributed by atoms with van der Waals surface area (Å²) < 4.78 is 25.8. The molecule has 0 saturated carbocycles. The third-order valence-electron chi connectivity index (χ3n) is 5.59. The van der Waals surface area contributed by atoms with Crippen LogP contribution in [0.4, 0.5) is 8.78 Å². The number of allylic oxidation sites excluding steroid dienone is 7. The highest BCUT2D eigenvalue weighted by Crippen LogP contribution is 2.22. The molecule has 1 N–H and O–H groups in total. The van der Waals surface area contributed by atoms with Gasteiger partial charge in [-0.2, -0.15) is 0 Å². The minimum atomic E-state index is -0.279. The fourth-order valence-corrected chi connectivity index (χ4v) is 3.84. The number of carbonyl (C=O) groups excluding carboxylic acids is 1. The topological polar surface area (TPSA) is 42.0 Å². The Hall–Kier alpha value is -3.60. The Morgan fingerprint density at radius 1 is 1.21 bits per heavy atom. The number of halogens is 2. The predicted octanol–water partition coefficient (Wildman–Crippen LogP) is 6.89. The lowest BCUT2D eigenvalue weighted by Crippen LogP contribution is -2.20. The monoisotopic (exact) mass is 460 g/mol. The third-order valence-corrected chi connectivity index (χ3v) is 5.59. The summed E-state index contributed by atoms with van der Waals surface area (Å²) in [4.78, 5) is 16.5. The lowest BCUT2D eigenvalue weighted by molar-refractivity contribution is -0.112. The number of pyridine rings is 1. The molecular formula is C29H30F2N2O. The van der Waals surface area contributed by atoms with Crippen LogP contribution in [0.25, 0.3) is 0 Å². The number of dihydropyridines is 1. The molecule has 4 rings (SSSR count). The summed E-state index contributed by atoms with van der Waals surface area (Å²) in [6, 6.07) is 9.98. The van der Waals surface area contributed by atoms with Gasteiger partial charge < -0.3 is 5.32 Å². The number of hydrogen-bond acceptors (Lipinski definition) is 3. The number of benzene rings is 1. The molecule has 2 unspecified atom stereocenters. The maximum Gasteiger partial charge on any atom is 0.190 e. The number of Topliss-reactive ketones (excluding diaryl/α,β-unsaturated/α-hetero) is 1. The van der Waals surface area contributed by atoms with Gasteiger partial charge in [-0.3, -0.25) is 9.78 Å². The molecule has 0 spiro atoms. The van der Waals surface area contributed by atoms with Gasteiger partial charge in [0.15, 0.2) is 5.78 Å². The molecule has 2 aromatic rings. The van der Waals surface area contributed by atoms with E-state index in [1.807, 2.05) is 30.4 Å². The van der Waals surface area contributed by atoms with E-state index < -0.39 is 0 Å². The van der Waals surface area contributed by atoms with Crippen molar-refractivity contribution in [2.24, 2.45) is 5.92 Å². The Balaban J connectivity index is 0.000000271. The van der Waals surface area contributed by atoms with Crippen molar-refractivity contribution in [2.75, 3.05) is 0 Å². The van der Waals surface area contributed by atoms with Crippen molar-refractivity contribution >= 4 is 5.78 Å². The fraction of sp³-hybridized carbons (Fsp3) is 0.241. The van der Waals surface area contributed by atoms with E-state index in [1.54, 1.807) is 42.9 Å². The van der Waals surface area contributed by atoms with Crippen LogP contribution in [0.3, 0.4) is 0 Å². The summed E-state index contributed by atoms with van der Waals surface area (Å²) >= 11 is 0. The number of rotatable bonds is 7. The largest absolute Gasteiger partial charge is 0.380 e.